The van der Waals surface area contributed by atoms with Crippen molar-refractivity contribution in [3.8, 4) is 5.95 Å². The molecule has 4 N–H and O–H groups in total. The van der Waals surface area contributed by atoms with Crippen LogP contribution in [-0.4, -0.2) is 42.0 Å². The molecule has 0 bridgehead atoms. The first-order chi connectivity index (χ1) is 10.6. The third-order valence-corrected chi connectivity index (χ3v) is 4.26. The lowest BCUT2D eigenvalue weighted by Crippen LogP contribution is -2.28. The van der Waals surface area contributed by atoms with Crippen LogP contribution in [0.3, 0.4) is 0 Å². The van der Waals surface area contributed by atoms with Crippen LogP contribution in [0.1, 0.15) is 30.4 Å². The first-order valence-corrected chi connectivity index (χ1v) is 7.44. The van der Waals surface area contributed by atoms with E-state index < -0.39 is 6.10 Å². The average Bonchev–Trinajstić information content (AvgIpc) is 3.16. The summed E-state index contributed by atoms with van der Waals surface area (Å²) in [5.74, 6) is 2.24. The van der Waals surface area contributed by atoms with Crippen LogP contribution in [0, 0.1) is 6.92 Å². The van der Waals surface area contributed by atoms with Gasteiger partial charge in [0, 0.05) is 12.0 Å². The minimum Gasteiger partial charge on any atom is -0.391 e. The van der Waals surface area contributed by atoms with Crippen molar-refractivity contribution in [2.24, 2.45) is 5.73 Å². The third-order valence-electron chi connectivity index (χ3n) is 4.26. The van der Waals surface area contributed by atoms with E-state index in [1.165, 1.54) is 0 Å². The monoisotopic (exact) mass is 298 g/mol. The third kappa shape index (κ3) is 2.10. The average molecular weight is 298 g/mol. The first kappa shape index (κ1) is 13.4. The Morgan fingerprint density at radius 1 is 1.27 bits per heavy atom. The van der Waals surface area contributed by atoms with E-state index in [0.29, 0.717) is 24.6 Å². The molecule has 7 nitrogen and oxygen atoms in total. The van der Waals surface area contributed by atoms with E-state index in [0.717, 1.165) is 16.9 Å². The molecular weight excluding hydrogens is 280 g/mol. The van der Waals surface area contributed by atoms with E-state index in [-0.39, 0.29) is 12.0 Å². The SMILES string of the molecule is Cc1nc([C@H]2C[C@@H](N)[C@H](O)C2)n(-c2nc3ccccc3[nH]2)n1. The number of fused-ring (bicyclic) bond motifs is 1. The van der Waals surface area contributed by atoms with Crippen LogP contribution < -0.4 is 5.73 Å². The van der Waals surface area contributed by atoms with Crippen molar-refractivity contribution in [2.45, 2.75) is 37.8 Å². The van der Waals surface area contributed by atoms with E-state index in [4.69, 9.17) is 5.73 Å². The van der Waals surface area contributed by atoms with Gasteiger partial charge in [0.05, 0.1) is 17.1 Å². The summed E-state index contributed by atoms with van der Waals surface area (Å²) in [6.07, 6.45) is 0.838. The second-order valence-corrected chi connectivity index (χ2v) is 5.91. The summed E-state index contributed by atoms with van der Waals surface area (Å²) in [5, 5.41) is 14.4. The number of nitrogens with zero attached hydrogens (tertiary/aromatic N) is 4. The van der Waals surface area contributed by atoms with Gasteiger partial charge in [-0.25, -0.2) is 9.97 Å². The summed E-state index contributed by atoms with van der Waals surface area (Å²) >= 11 is 0. The zero-order chi connectivity index (χ0) is 15.3. The van der Waals surface area contributed by atoms with Gasteiger partial charge in [-0.1, -0.05) is 12.1 Å². The van der Waals surface area contributed by atoms with Crippen molar-refractivity contribution in [2.75, 3.05) is 0 Å². The number of aliphatic hydroxyl groups is 1. The van der Waals surface area contributed by atoms with Gasteiger partial charge in [0.25, 0.3) is 0 Å². The second kappa shape index (κ2) is 4.89. The molecule has 22 heavy (non-hydrogen) atoms. The van der Waals surface area contributed by atoms with Gasteiger partial charge in [-0.3, -0.25) is 0 Å². The van der Waals surface area contributed by atoms with Crippen molar-refractivity contribution in [1.29, 1.82) is 0 Å². The highest BCUT2D eigenvalue weighted by molar-refractivity contribution is 5.75. The van der Waals surface area contributed by atoms with Crippen LogP contribution in [0.2, 0.25) is 0 Å². The minimum atomic E-state index is -0.480. The summed E-state index contributed by atoms with van der Waals surface area (Å²) < 4.78 is 1.74. The molecule has 0 saturated heterocycles. The predicted octanol–water partition coefficient (Wildman–Crippen LogP) is 1.02. The summed E-state index contributed by atoms with van der Waals surface area (Å²) in [6, 6.07) is 7.64. The van der Waals surface area contributed by atoms with Crippen molar-refractivity contribution < 1.29 is 5.11 Å². The number of imidazole rings is 1. The maximum absolute atomic E-state index is 9.91. The Morgan fingerprint density at radius 3 is 2.82 bits per heavy atom. The number of aromatic amines is 1. The van der Waals surface area contributed by atoms with Gasteiger partial charge in [0.1, 0.15) is 11.6 Å². The standard InChI is InChI=1S/C15H18N6O/c1-8-17-14(9-6-10(16)13(22)7-9)21(20-8)15-18-11-4-2-3-5-12(11)19-15/h2-5,9-10,13,22H,6-7,16H2,1H3,(H,18,19)/t9-,10+,13+/m0/s1. The Labute approximate surface area is 127 Å². The number of aryl methyl sites for hydroxylation is 1. The highest BCUT2D eigenvalue weighted by atomic mass is 16.3. The van der Waals surface area contributed by atoms with Gasteiger partial charge in [0.2, 0.25) is 5.95 Å². The van der Waals surface area contributed by atoms with E-state index in [1.807, 2.05) is 31.2 Å². The molecule has 0 amide bonds. The van der Waals surface area contributed by atoms with Crippen LogP contribution >= 0.6 is 0 Å². The zero-order valence-electron chi connectivity index (χ0n) is 12.3. The van der Waals surface area contributed by atoms with Crippen molar-refractivity contribution in [3.63, 3.8) is 0 Å². The molecule has 1 aliphatic rings. The van der Waals surface area contributed by atoms with Crippen LogP contribution in [0.25, 0.3) is 17.0 Å². The molecule has 4 rings (SSSR count). The fourth-order valence-electron chi connectivity index (χ4n) is 3.15. The summed E-state index contributed by atoms with van der Waals surface area (Å²) in [5.41, 5.74) is 7.78. The summed E-state index contributed by atoms with van der Waals surface area (Å²) in [4.78, 5) is 12.4. The maximum atomic E-state index is 9.91. The van der Waals surface area contributed by atoms with Gasteiger partial charge in [-0.2, -0.15) is 4.68 Å². The lowest BCUT2D eigenvalue weighted by atomic mass is 10.1. The maximum Gasteiger partial charge on any atom is 0.230 e. The van der Waals surface area contributed by atoms with Crippen LogP contribution in [0.15, 0.2) is 24.3 Å². The van der Waals surface area contributed by atoms with Crippen molar-refractivity contribution in [3.05, 3.63) is 35.9 Å². The molecule has 7 heteroatoms. The summed E-state index contributed by atoms with van der Waals surface area (Å²) in [6.45, 7) is 1.86. The van der Waals surface area contributed by atoms with Crippen LogP contribution in [0.4, 0.5) is 0 Å². The van der Waals surface area contributed by atoms with Gasteiger partial charge < -0.3 is 15.8 Å². The molecule has 1 aromatic carbocycles. The summed E-state index contributed by atoms with van der Waals surface area (Å²) in [7, 11) is 0. The van der Waals surface area contributed by atoms with Gasteiger partial charge in [-0.15, -0.1) is 5.10 Å². The number of hydrogen-bond donors (Lipinski definition) is 3. The number of aromatic nitrogens is 5. The minimum absolute atomic E-state index is 0.0967. The Balaban J connectivity index is 1.79. The number of hydrogen-bond acceptors (Lipinski definition) is 5. The molecule has 2 heterocycles. The number of para-hydroxylation sites is 2. The molecule has 114 valence electrons. The molecule has 1 saturated carbocycles. The fourth-order valence-corrected chi connectivity index (χ4v) is 3.15. The number of rotatable bonds is 2. The van der Waals surface area contributed by atoms with Crippen molar-refractivity contribution in [1.82, 2.24) is 24.7 Å². The van der Waals surface area contributed by atoms with E-state index in [9.17, 15) is 5.11 Å². The molecule has 2 aromatic heterocycles. The molecule has 0 aliphatic heterocycles. The molecule has 0 radical (unpaired) electrons. The van der Waals surface area contributed by atoms with Crippen molar-refractivity contribution >= 4 is 11.0 Å². The largest absolute Gasteiger partial charge is 0.391 e. The topological polar surface area (TPSA) is 106 Å². The number of aliphatic hydroxyl groups excluding tert-OH is 1. The van der Waals surface area contributed by atoms with Gasteiger partial charge in [-0.05, 0) is 31.9 Å². The Kier molecular flexibility index (Phi) is 2.98. The first-order valence-electron chi connectivity index (χ1n) is 7.44. The predicted molar refractivity (Wildman–Crippen MR) is 81.7 cm³/mol. The molecule has 1 aliphatic carbocycles. The quantitative estimate of drug-likeness (QED) is 0.655. The number of benzene rings is 1. The number of nitrogens with one attached hydrogen (secondary N) is 1. The Bertz CT molecular complexity index is 779. The van der Waals surface area contributed by atoms with Gasteiger partial charge >= 0.3 is 0 Å². The molecular formula is C15H18N6O. The lowest BCUT2D eigenvalue weighted by Gasteiger charge is -2.08. The zero-order valence-corrected chi connectivity index (χ0v) is 12.3. The Hall–Kier alpha value is -2.25. The highest BCUT2D eigenvalue weighted by Gasteiger charge is 2.35. The molecule has 3 aromatic rings. The fraction of sp³-hybridized carbons (Fsp3) is 0.400. The second-order valence-electron chi connectivity index (χ2n) is 5.91. The van der Waals surface area contributed by atoms with E-state index in [1.54, 1.807) is 4.68 Å². The van der Waals surface area contributed by atoms with E-state index in [2.05, 4.69) is 20.1 Å². The van der Waals surface area contributed by atoms with Gasteiger partial charge in [0.15, 0.2) is 0 Å². The Morgan fingerprint density at radius 2 is 2.09 bits per heavy atom. The molecule has 0 unspecified atom stereocenters. The number of nitrogens with two attached hydrogens (primary N) is 1. The molecule has 3 atom stereocenters. The molecule has 1 fully saturated rings. The lowest BCUT2D eigenvalue weighted by molar-refractivity contribution is 0.163. The van der Waals surface area contributed by atoms with Crippen LogP contribution in [-0.2, 0) is 0 Å². The highest BCUT2D eigenvalue weighted by Crippen LogP contribution is 2.33. The number of H-pyrrole nitrogens is 1. The van der Waals surface area contributed by atoms with E-state index >= 15 is 0 Å². The normalized spacial score (nSPS) is 25.1. The molecule has 0 spiro atoms. The van der Waals surface area contributed by atoms with Crippen LogP contribution in [0.5, 0.6) is 0 Å². The smallest absolute Gasteiger partial charge is 0.230 e.